The largest absolute Gasteiger partial charge is 0.360 e. The number of benzene rings is 1. The van der Waals surface area contributed by atoms with Crippen LogP contribution in [0, 0.1) is 6.92 Å². The van der Waals surface area contributed by atoms with E-state index in [0.29, 0.717) is 24.5 Å². The summed E-state index contributed by atoms with van der Waals surface area (Å²) in [7, 11) is 0. The van der Waals surface area contributed by atoms with Crippen molar-refractivity contribution in [1.29, 1.82) is 0 Å². The average Bonchev–Trinajstić information content (AvgIpc) is 3.29. The van der Waals surface area contributed by atoms with Gasteiger partial charge in [0.2, 0.25) is 5.91 Å². The summed E-state index contributed by atoms with van der Waals surface area (Å²) in [4.78, 5) is 14.7. The number of carbonyl (C=O) groups is 1. The van der Waals surface area contributed by atoms with Gasteiger partial charge < -0.3 is 14.4 Å². The smallest absolute Gasteiger partial charge is 0.226 e. The molecule has 3 aromatic rings. The van der Waals surface area contributed by atoms with E-state index in [4.69, 9.17) is 4.52 Å². The zero-order valence-electron chi connectivity index (χ0n) is 14.8. The lowest BCUT2D eigenvalue weighted by Crippen LogP contribution is -2.39. The van der Waals surface area contributed by atoms with Crippen LogP contribution in [0.15, 0.2) is 59.3 Å². The standard InChI is InChI=1S/C20H22N4O2/c1-15-14-18(22-26-15)21-19(25)9-11-24-13-12-23-10-5-8-17(23)20(24)16-6-3-2-4-7-16/h2-8,10,14,20H,9,11-13H2,1H3,(H,21,22,25)/t20-/m1/s1. The van der Waals surface area contributed by atoms with Crippen LogP contribution in [0.4, 0.5) is 5.82 Å². The summed E-state index contributed by atoms with van der Waals surface area (Å²) < 4.78 is 7.29. The third kappa shape index (κ3) is 3.41. The monoisotopic (exact) mass is 350 g/mol. The summed E-state index contributed by atoms with van der Waals surface area (Å²) in [6.07, 6.45) is 2.54. The second-order valence-corrected chi connectivity index (χ2v) is 6.60. The average molecular weight is 350 g/mol. The van der Waals surface area contributed by atoms with E-state index in [9.17, 15) is 4.79 Å². The summed E-state index contributed by atoms with van der Waals surface area (Å²) in [5, 5.41) is 6.61. The molecule has 6 heteroatoms. The Hall–Kier alpha value is -2.86. The number of hydrogen-bond donors (Lipinski definition) is 1. The highest BCUT2D eigenvalue weighted by molar-refractivity contribution is 5.89. The van der Waals surface area contributed by atoms with Gasteiger partial charge in [-0.3, -0.25) is 9.69 Å². The minimum atomic E-state index is -0.0499. The van der Waals surface area contributed by atoms with Crippen LogP contribution < -0.4 is 5.32 Å². The van der Waals surface area contributed by atoms with Gasteiger partial charge in [-0.1, -0.05) is 35.5 Å². The fraction of sp³-hybridized carbons (Fsp3) is 0.300. The molecule has 2 aromatic heterocycles. The SMILES string of the molecule is Cc1cc(NC(=O)CCN2CCn3cccc3[C@H]2c2ccccc2)no1. The molecule has 1 N–H and O–H groups in total. The van der Waals surface area contributed by atoms with Crippen LogP contribution in [0.1, 0.15) is 29.5 Å². The second-order valence-electron chi connectivity index (χ2n) is 6.60. The summed E-state index contributed by atoms with van der Waals surface area (Å²) in [5.41, 5.74) is 2.52. The molecule has 6 nitrogen and oxygen atoms in total. The van der Waals surface area contributed by atoms with Crippen molar-refractivity contribution >= 4 is 11.7 Å². The number of nitrogens with one attached hydrogen (secondary N) is 1. The zero-order valence-corrected chi connectivity index (χ0v) is 14.8. The molecule has 1 amide bonds. The number of aryl methyl sites for hydroxylation is 1. The number of fused-ring (bicyclic) bond motifs is 1. The van der Waals surface area contributed by atoms with Gasteiger partial charge in [0.05, 0.1) is 6.04 Å². The first kappa shape index (κ1) is 16.6. The van der Waals surface area contributed by atoms with Crippen molar-refractivity contribution in [3.05, 3.63) is 71.7 Å². The third-order valence-electron chi connectivity index (χ3n) is 4.77. The first-order valence-electron chi connectivity index (χ1n) is 8.88. The molecule has 3 heterocycles. The van der Waals surface area contributed by atoms with Crippen LogP contribution in [0.5, 0.6) is 0 Å². The van der Waals surface area contributed by atoms with Crippen molar-refractivity contribution in [2.45, 2.75) is 25.9 Å². The lowest BCUT2D eigenvalue weighted by Gasteiger charge is -2.37. The molecule has 0 bridgehead atoms. The van der Waals surface area contributed by atoms with E-state index in [2.05, 4.69) is 62.5 Å². The van der Waals surface area contributed by atoms with Gasteiger partial charge in [-0.15, -0.1) is 0 Å². The Morgan fingerprint density at radius 3 is 2.85 bits per heavy atom. The summed E-state index contributed by atoms with van der Waals surface area (Å²) in [6, 6.07) is 16.6. The number of amides is 1. The van der Waals surface area contributed by atoms with E-state index >= 15 is 0 Å². The van der Waals surface area contributed by atoms with E-state index in [1.807, 2.05) is 6.07 Å². The van der Waals surface area contributed by atoms with Crippen LogP contribution in [-0.4, -0.2) is 33.6 Å². The predicted molar refractivity (Wildman–Crippen MR) is 98.8 cm³/mol. The number of nitrogens with zero attached hydrogens (tertiary/aromatic N) is 3. The molecule has 4 rings (SSSR count). The molecule has 0 saturated heterocycles. The Bertz CT molecular complexity index is 884. The molecule has 1 aromatic carbocycles. The van der Waals surface area contributed by atoms with E-state index in [0.717, 1.165) is 13.1 Å². The van der Waals surface area contributed by atoms with Crippen molar-refractivity contribution in [2.75, 3.05) is 18.4 Å². The Kier molecular flexibility index (Phi) is 4.58. The van der Waals surface area contributed by atoms with Crippen LogP contribution in [0.2, 0.25) is 0 Å². The van der Waals surface area contributed by atoms with E-state index in [1.165, 1.54) is 11.3 Å². The van der Waals surface area contributed by atoms with Crippen molar-refractivity contribution in [2.24, 2.45) is 0 Å². The Labute approximate surface area is 152 Å². The van der Waals surface area contributed by atoms with Crippen LogP contribution in [-0.2, 0) is 11.3 Å². The van der Waals surface area contributed by atoms with Crippen LogP contribution in [0.3, 0.4) is 0 Å². The molecule has 26 heavy (non-hydrogen) atoms. The third-order valence-corrected chi connectivity index (χ3v) is 4.77. The Balaban J connectivity index is 1.47. The maximum absolute atomic E-state index is 12.3. The number of rotatable bonds is 5. The summed E-state index contributed by atoms with van der Waals surface area (Å²) in [5.74, 6) is 1.10. The fourth-order valence-corrected chi connectivity index (χ4v) is 3.57. The topological polar surface area (TPSA) is 63.3 Å². The molecular weight excluding hydrogens is 328 g/mol. The van der Waals surface area contributed by atoms with Gasteiger partial charge in [-0.25, -0.2) is 0 Å². The summed E-state index contributed by atoms with van der Waals surface area (Å²) in [6.45, 7) is 4.34. The molecule has 0 unspecified atom stereocenters. The van der Waals surface area contributed by atoms with E-state index in [1.54, 1.807) is 13.0 Å². The Morgan fingerprint density at radius 2 is 2.08 bits per heavy atom. The van der Waals surface area contributed by atoms with Crippen molar-refractivity contribution < 1.29 is 9.32 Å². The number of carbonyl (C=O) groups excluding carboxylic acids is 1. The quantitative estimate of drug-likeness (QED) is 0.767. The zero-order chi connectivity index (χ0) is 17.9. The van der Waals surface area contributed by atoms with Gasteiger partial charge in [0.25, 0.3) is 0 Å². The number of aromatic nitrogens is 2. The minimum absolute atomic E-state index is 0.0499. The van der Waals surface area contributed by atoms with Gasteiger partial charge in [0, 0.05) is 44.0 Å². The molecule has 0 saturated carbocycles. The van der Waals surface area contributed by atoms with Gasteiger partial charge in [0.15, 0.2) is 5.82 Å². The van der Waals surface area contributed by atoms with Crippen molar-refractivity contribution in [1.82, 2.24) is 14.6 Å². The highest BCUT2D eigenvalue weighted by atomic mass is 16.5. The first-order chi connectivity index (χ1) is 12.7. The molecule has 0 radical (unpaired) electrons. The fourth-order valence-electron chi connectivity index (χ4n) is 3.57. The predicted octanol–water partition coefficient (Wildman–Crippen LogP) is 3.22. The van der Waals surface area contributed by atoms with Crippen LogP contribution >= 0.6 is 0 Å². The second kappa shape index (κ2) is 7.17. The number of anilines is 1. The van der Waals surface area contributed by atoms with Crippen molar-refractivity contribution in [3.8, 4) is 0 Å². The normalized spacial score (nSPS) is 17.0. The molecular formula is C20H22N4O2. The molecule has 0 fully saturated rings. The highest BCUT2D eigenvalue weighted by Crippen LogP contribution is 2.32. The summed E-state index contributed by atoms with van der Waals surface area (Å²) >= 11 is 0. The molecule has 0 aliphatic carbocycles. The van der Waals surface area contributed by atoms with Gasteiger partial charge in [0.1, 0.15) is 5.76 Å². The molecule has 134 valence electrons. The molecule has 1 aliphatic rings. The van der Waals surface area contributed by atoms with Gasteiger partial charge in [-0.05, 0) is 24.6 Å². The maximum Gasteiger partial charge on any atom is 0.226 e. The first-order valence-corrected chi connectivity index (χ1v) is 8.88. The molecule has 1 aliphatic heterocycles. The Morgan fingerprint density at radius 1 is 1.23 bits per heavy atom. The van der Waals surface area contributed by atoms with Gasteiger partial charge >= 0.3 is 0 Å². The molecule has 1 atom stereocenters. The van der Waals surface area contributed by atoms with E-state index < -0.39 is 0 Å². The lowest BCUT2D eigenvalue weighted by atomic mass is 10.00. The molecule has 0 spiro atoms. The van der Waals surface area contributed by atoms with Crippen LogP contribution in [0.25, 0.3) is 0 Å². The maximum atomic E-state index is 12.3. The van der Waals surface area contributed by atoms with E-state index in [-0.39, 0.29) is 11.9 Å². The van der Waals surface area contributed by atoms with Gasteiger partial charge in [-0.2, -0.15) is 0 Å². The lowest BCUT2D eigenvalue weighted by molar-refractivity contribution is -0.116. The number of hydrogen-bond acceptors (Lipinski definition) is 4. The highest BCUT2D eigenvalue weighted by Gasteiger charge is 2.28. The van der Waals surface area contributed by atoms with Crippen molar-refractivity contribution in [3.63, 3.8) is 0 Å². The minimum Gasteiger partial charge on any atom is -0.360 e.